The van der Waals surface area contributed by atoms with Gasteiger partial charge in [-0.25, -0.2) is 0 Å². The highest BCUT2D eigenvalue weighted by Gasteiger charge is 2.10. The van der Waals surface area contributed by atoms with E-state index in [-0.39, 0.29) is 0 Å². The van der Waals surface area contributed by atoms with E-state index in [0.717, 1.165) is 11.3 Å². The summed E-state index contributed by atoms with van der Waals surface area (Å²) >= 11 is 11.8. The summed E-state index contributed by atoms with van der Waals surface area (Å²) in [6.45, 7) is 0. The molecule has 0 fully saturated rings. The van der Waals surface area contributed by atoms with Gasteiger partial charge in [0.1, 0.15) is 5.75 Å². The second-order valence-corrected chi connectivity index (χ2v) is 5.26. The van der Waals surface area contributed by atoms with Crippen molar-refractivity contribution >= 4 is 35.1 Å². The van der Waals surface area contributed by atoms with Crippen LogP contribution in [0.1, 0.15) is 5.56 Å². The molecule has 0 radical (unpaired) electrons. The molecule has 5 nitrogen and oxygen atoms in total. The minimum Gasteiger partial charge on any atom is -0.496 e. The van der Waals surface area contributed by atoms with Gasteiger partial charge in [0.25, 0.3) is 0 Å². The molecule has 1 N–H and O–H groups in total. The molecule has 0 unspecified atom stereocenters. The van der Waals surface area contributed by atoms with Gasteiger partial charge in [-0.3, -0.25) is 5.43 Å². The van der Waals surface area contributed by atoms with E-state index in [4.69, 9.17) is 37.4 Å². The zero-order chi connectivity index (χ0) is 16.8. The average Bonchev–Trinajstić information content (AvgIpc) is 2.57. The molecule has 0 saturated carbocycles. The zero-order valence-corrected chi connectivity index (χ0v) is 14.4. The van der Waals surface area contributed by atoms with Gasteiger partial charge >= 0.3 is 0 Å². The molecular formula is C16H16Cl2N2O3. The number of ether oxygens (including phenoxy) is 3. The van der Waals surface area contributed by atoms with Gasteiger partial charge in [-0.1, -0.05) is 23.2 Å². The quantitative estimate of drug-likeness (QED) is 0.614. The summed E-state index contributed by atoms with van der Waals surface area (Å²) in [6, 6.07) is 8.67. The number of hydrazone groups is 1. The SMILES string of the molecule is COc1cc(OC)c(OC)cc1C=NNc1ccc(Cl)c(Cl)c1. The monoisotopic (exact) mass is 354 g/mol. The van der Waals surface area contributed by atoms with Crippen LogP contribution in [0.15, 0.2) is 35.4 Å². The average molecular weight is 355 g/mol. The number of hydrogen-bond acceptors (Lipinski definition) is 5. The van der Waals surface area contributed by atoms with Crippen LogP contribution in [-0.4, -0.2) is 27.5 Å². The van der Waals surface area contributed by atoms with Crippen molar-refractivity contribution < 1.29 is 14.2 Å². The lowest BCUT2D eigenvalue weighted by Crippen LogP contribution is -1.98. The van der Waals surface area contributed by atoms with Gasteiger partial charge in [0, 0.05) is 11.6 Å². The van der Waals surface area contributed by atoms with E-state index in [1.165, 1.54) is 0 Å². The highest BCUT2D eigenvalue weighted by Crippen LogP contribution is 2.33. The van der Waals surface area contributed by atoms with Crippen molar-refractivity contribution in [3.05, 3.63) is 45.9 Å². The lowest BCUT2D eigenvalue weighted by Gasteiger charge is -2.11. The van der Waals surface area contributed by atoms with Gasteiger partial charge in [-0.05, 0) is 24.3 Å². The van der Waals surface area contributed by atoms with Crippen LogP contribution in [-0.2, 0) is 0 Å². The topological polar surface area (TPSA) is 52.1 Å². The van der Waals surface area contributed by atoms with Crippen LogP contribution in [0.4, 0.5) is 5.69 Å². The van der Waals surface area contributed by atoms with Gasteiger partial charge in [0.15, 0.2) is 11.5 Å². The summed E-state index contributed by atoms with van der Waals surface area (Å²) in [4.78, 5) is 0. The van der Waals surface area contributed by atoms with Crippen LogP contribution < -0.4 is 19.6 Å². The smallest absolute Gasteiger partial charge is 0.164 e. The van der Waals surface area contributed by atoms with Crippen LogP contribution in [0.25, 0.3) is 0 Å². The molecule has 0 aliphatic rings. The third kappa shape index (κ3) is 4.21. The summed E-state index contributed by atoms with van der Waals surface area (Å²) in [5.74, 6) is 1.78. The number of rotatable bonds is 6. The van der Waals surface area contributed by atoms with Crippen LogP contribution in [0.5, 0.6) is 17.2 Å². The van der Waals surface area contributed by atoms with Crippen molar-refractivity contribution in [1.29, 1.82) is 0 Å². The maximum atomic E-state index is 5.96. The van der Waals surface area contributed by atoms with Crippen LogP contribution >= 0.6 is 23.2 Å². The van der Waals surface area contributed by atoms with Crippen molar-refractivity contribution in [2.45, 2.75) is 0 Å². The minimum absolute atomic E-state index is 0.454. The lowest BCUT2D eigenvalue weighted by atomic mass is 10.2. The van der Waals surface area contributed by atoms with Crippen LogP contribution in [0.3, 0.4) is 0 Å². The van der Waals surface area contributed by atoms with Crippen LogP contribution in [0.2, 0.25) is 10.0 Å². The fourth-order valence-electron chi connectivity index (χ4n) is 1.90. The molecule has 0 heterocycles. The molecular weight excluding hydrogens is 339 g/mol. The number of anilines is 1. The molecule has 0 aromatic heterocycles. The van der Waals surface area contributed by atoms with Crippen molar-refractivity contribution in [3.63, 3.8) is 0 Å². The highest BCUT2D eigenvalue weighted by atomic mass is 35.5. The van der Waals surface area contributed by atoms with Gasteiger partial charge in [-0.15, -0.1) is 0 Å². The first-order valence-electron chi connectivity index (χ1n) is 6.63. The molecule has 7 heteroatoms. The molecule has 23 heavy (non-hydrogen) atoms. The van der Waals surface area contributed by atoms with Gasteiger partial charge in [0.05, 0.1) is 43.3 Å². The Morgan fingerprint density at radius 1 is 0.870 bits per heavy atom. The van der Waals surface area contributed by atoms with E-state index in [0.29, 0.717) is 27.3 Å². The molecule has 0 spiro atoms. The maximum Gasteiger partial charge on any atom is 0.164 e. The summed E-state index contributed by atoms with van der Waals surface area (Å²) in [7, 11) is 4.71. The highest BCUT2D eigenvalue weighted by molar-refractivity contribution is 6.42. The minimum atomic E-state index is 0.454. The third-order valence-electron chi connectivity index (χ3n) is 3.05. The molecule has 122 valence electrons. The predicted molar refractivity (Wildman–Crippen MR) is 93.8 cm³/mol. The van der Waals surface area contributed by atoms with E-state index in [1.807, 2.05) is 0 Å². The maximum absolute atomic E-state index is 5.96. The molecule has 2 aromatic carbocycles. The van der Waals surface area contributed by atoms with Gasteiger partial charge in [0.2, 0.25) is 0 Å². The molecule has 2 aromatic rings. The fourth-order valence-corrected chi connectivity index (χ4v) is 2.19. The number of nitrogens with zero attached hydrogens (tertiary/aromatic N) is 1. The zero-order valence-electron chi connectivity index (χ0n) is 12.9. The van der Waals surface area contributed by atoms with E-state index in [1.54, 1.807) is 57.9 Å². The molecule has 0 saturated heterocycles. The van der Waals surface area contributed by atoms with E-state index in [9.17, 15) is 0 Å². The Bertz CT molecular complexity index is 721. The summed E-state index contributed by atoms with van der Waals surface area (Å²) in [5, 5.41) is 5.11. The molecule has 0 aliphatic carbocycles. The molecule has 0 atom stereocenters. The molecule has 0 bridgehead atoms. The first-order valence-corrected chi connectivity index (χ1v) is 7.38. The summed E-state index contributed by atoms with van der Waals surface area (Å²) in [6.07, 6.45) is 1.61. The molecule has 2 rings (SSSR count). The second-order valence-electron chi connectivity index (χ2n) is 4.45. The second kappa shape index (κ2) is 7.94. The largest absolute Gasteiger partial charge is 0.496 e. The molecule has 0 amide bonds. The Morgan fingerprint density at radius 3 is 2.13 bits per heavy atom. The third-order valence-corrected chi connectivity index (χ3v) is 3.79. The number of methoxy groups -OCH3 is 3. The summed E-state index contributed by atoms with van der Waals surface area (Å²) < 4.78 is 15.8. The van der Waals surface area contributed by atoms with Gasteiger partial charge < -0.3 is 14.2 Å². The van der Waals surface area contributed by atoms with Crippen molar-refractivity contribution in [2.75, 3.05) is 26.8 Å². The number of benzene rings is 2. The van der Waals surface area contributed by atoms with Crippen LogP contribution in [0, 0.1) is 0 Å². The number of nitrogens with one attached hydrogen (secondary N) is 1. The number of halogens is 2. The van der Waals surface area contributed by atoms with Crippen molar-refractivity contribution in [1.82, 2.24) is 0 Å². The Hall–Kier alpha value is -2.11. The normalized spacial score (nSPS) is 10.7. The van der Waals surface area contributed by atoms with Gasteiger partial charge in [-0.2, -0.15) is 5.10 Å². The van der Waals surface area contributed by atoms with E-state index < -0.39 is 0 Å². The Balaban J connectivity index is 2.22. The van der Waals surface area contributed by atoms with Crippen molar-refractivity contribution in [2.24, 2.45) is 5.10 Å². The first kappa shape index (κ1) is 17.2. The standard InChI is InChI=1S/C16H16Cl2N2O3/c1-21-14-8-16(23-3)15(22-2)6-10(14)9-19-20-11-4-5-12(17)13(18)7-11/h4-9,20H,1-3H3. The Labute approximate surface area is 144 Å². The summed E-state index contributed by atoms with van der Waals surface area (Å²) in [5.41, 5.74) is 4.33. The van der Waals surface area contributed by atoms with Crippen molar-refractivity contribution in [3.8, 4) is 17.2 Å². The molecule has 0 aliphatic heterocycles. The predicted octanol–water partition coefficient (Wildman–Crippen LogP) is 4.47. The number of hydrogen-bond donors (Lipinski definition) is 1. The lowest BCUT2D eigenvalue weighted by molar-refractivity contribution is 0.349. The first-order chi connectivity index (χ1) is 11.1. The Morgan fingerprint density at radius 2 is 1.52 bits per heavy atom. The fraction of sp³-hybridized carbons (Fsp3) is 0.188. The Kier molecular flexibility index (Phi) is 5.96. The van der Waals surface area contributed by atoms with E-state index >= 15 is 0 Å². The van der Waals surface area contributed by atoms with E-state index in [2.05, 4.69) is 10.5 Å².